The van der Waals surface area contributed by atoms with Gasteiger partial charge in [0.2, 0.25) is 0 Å². The minimum Gasteiger partial charge on any atom is -0.508 e. The second-order valence-corrected chi connectivity index (χ2v) is 8.11. The van der Waals surface area contributed by atoms with Gasteiger partial charge in [0.15, 0.2) is 0 Å². The monoisotopic (exact) mass is 326 g/mol. The maximum absolute atomic E-state index is 10.3. The van der Waals surface area contributed by atoms with Gasteiger partial charge >= 0.3 is 0 Å². The third-order valence-electron chi connectivity index (χ3n) is 4.58. The Labute approximate surface area is 146 Å². The SMILES string of the molecule is Cc1cc(CCc2ccc(O)c(C(C)C)c2)cc(C(C)(C)C)c1O. The summed E-state index contributed by atoms with van der Waals surface area (Å²) in [6, 6.07) is 10.1. The third-order valence-corrected chi connectivity index (χ3v) is 4.58. The first kappa shape index (κ1) is 18.4. The molecule has 0 aromatic heterocycles. The fourth-order valence-corrected chi connectivity index (χ4v) is 3.08. The number of benzene rings is 2. The van der Waals surface area contributed by atoms with Crippen molar-refractivity contribution in [2.24, 2.45) is 0 Å². The highest BCUT2D eigenvalue weighted by molar-refractivity contribution is 5.46. The minimum absolute atomic E-state index is 0.0752. The predicted octanol–water partition coefficient (Wildman–Crippen LogP) is 5.61. The Morgan fingerprint density at radius 2 is 1.54 bits per heavy atom. The number of phenolic OH excluding ortho intramolecular Hbond substituents is 2. The summed E-state index contributed by atoms with van der Waals surface area (Å²) in [5, 5.41) is 20.3. The van der Waals surface area contributed by atoms with E-state index in [1.165, 1.54) is 11.1 Å². The molecule has 2 N–H and O–H groups in total. The molecule has 0 aliphatic carbocycles. The Morgan fingerprint density at radius 1 is 0.917 bits per heavy atom. The molecular weight excluding hydrogens is 296 g/mol. The largest absolute Gasteiger partial charge is 0.508 e. The Bertz CT molecular complexity index is 721. The van der Waals surface area contributed by atoms with Gasteiger partial charge in [-0.1, -0.05) is 58.9 Å². The second kappa shape index (κ2) is 6.88. The van der Waals surface area contributed by atoms with Gasteiger partial charge in [-0.05, 0) is 65.0 Å². The van der Waals surface area contributed by atoms with E-state index < -0.39 is 0 Å². The molecule has 2 nitrogen and oxygen atoms in total. The molecule has 0 saturated heterocycles. The van der Waals surface area contributed by atoms with Crippen molar-refractivity contribution in [1.29, 1.82) is 0 Å². The molecule has 0 aliphatic rings. The summed E-state index contributed by atoms with van der Waals surface area (Å²) in [5.41, 5.74) is 5.35. The first-order valence-electron chi connectivity index (χ1n) is 8.74. The molecule has 0 atom stereocenters. The molecule has 0 radical (unpaired) electrons. The summed E-state index contributed by atoms with van der Waals surface area (Å²) in [6.45, 7) is 12.5. The number of aryl methyl sites for hydroxylation is 3. The average molecular weight is 326 g/mol. The molecule has 0 spiro atoms. The molecule has 130 valence electrons. The van der Waals surface area contributed by atoms with Crippen LogP contribution in [0.5, 0.6) is 11.5 Å². The molecular formula is C22H30O2. The summed E-state index contributed by atoms with van der Waals surface area (Å²) in [6.07, 6.45) is 1.85. The van der Waals surface area contributed by atoms with E-state index in [4.69, 9.17) is 0 Å². The lowest BCUT2D eigenvalue weighted by molar-refractivity contribution is 0.442. The maximum Gasteiger partial charge on any atom is 0.122 e. The molecule has 0 unspecified atom stereocenters. The third kappa shape index (κ3) is 4.11. The molecule has 0 saturated carbocycles. The summed E-state index contributed by atoms with van der Waals surface area (Å²) in [5.74, 6) is 1.11. The Morgan fingerprint density at radius 3 is 2.12 bits per heavy atom. The quantitative estimate of drug-likeness (QED) is 0.766. The minimum atomic E-state index is -0.0752. The maximum atomic E-state index is 10.3. The normalized spacial score (nSPS) is 12.0. The number of hydrogen-bond acceptors (Lipinski definition) is 2. The number of rotatable bonds is 4. The van der Waals surface area contributed by atoms with Crippen LogP contribution >= 0.6 is 0 Å². The van der Waals surface area contributed by atoms with Gasteiger partial charge in [0, 0.05) is 0 Å². The van der Waals surface area contributed by atoms with Crippen LogP contribution in [-0.2, 0) is 18.3 Å². The lowest BCUT2D eigenvalue weighted by Gasteiger charge is -2.22. The van der Waals surface area contributed by atoms with E-state index in [9.17, 15) is 10.2 Å². The van der Waals surface area contributed by atoms with Crippen molar-refractivity contribution in [3.8, 4) is 11.5 Å². The van der Waals surface area contributed by atoms with Crippen LogP contribution in [0.4, 0.5) is 0 Å². The molecule has 0 heterocycles. The number of phenols is 2. The predicted molar refractivity (Wildman–Crippen MR) is 101 cm³/mol. The molecule has 2 heteroatoms. The molecule has 2 aromatic carbocycles. The molecule has 24 heavy (non-hydrogen) atoms. The van der Waals surface area contributed by atoms with Gasteiger partial charge in [0.25, 0.3) is 0 Å². The van der Waals surface area contributed by atoms with Crippen molar-refractivity contribution in [2.45, 2.75) is 65.7 Å². The zero-order valence-corrected chi connectivity index (χ0v) is 15.8. The Balaban J connectivity index is 2.24. The van der Waals surface area contributed by atoms with Crippen LogP contribution in [0.25, 0.3) is 0 Å². The molecule has 2 aromatic rings. The summed E-state index contributed by atoms with van der Waals surface area (Å²) < 4.78 is 0. The van der Waals surface area contributed by atoms with Gasteiger partial charge in [-0.2, -0.15) is 0 Å². The van der Waals surface area contributed by atoms with E-state index in [0.717, 1.165) is 29.5 Å². The molecule has 0 amide bonds. The van der Waals surface area contributed by atoms with Crippen molar-refractivity contribution in [3.05, 3.63) is 58.1 Å². The molecule has 0 bridgehead atoms. The van der Waals surface area contributed by atoms with Crippen LogP contribution < -0.4 is 0 Å². The van der Waals surface area contributed by atoms with Gasteiger partial charge in [-0.25, -0.2) is 0 Å². The lowest BCUT2D eigenvalue weighted by atomic mass is 9.83. The standard InChI is InChI=1S/C22H30O2/c1-14(2)18-12-16(9-10-20(18)23)7-8-17-11-15(3)21(24)19(13-17)22(4,5)6/h9-14,23-24H,7-8H2,1-6H3. The van der Waals surface area contributed by atoms with Crippen LogP contribution in [0, 0.1) is 6.92 Å². The zero-order valence-electron chi connectivity index (χ0n) is 15.8. The highest BCUT2D eigenvalue weighted by atomic mass is 16.3. The van der Waals surface area contributed by atoms with Gasteiger partial charge < -0.3 is 10.2 Å². The lowest BCUT2D eigenvalue weighted by Crippen LogP contribution is -2.12. The highest BCUT2D eigenvalue weighted by Crippen LogP contribution is 2.34. The van der Waals surface area contributed by atoms with E-state index in [2.05, 4.69) is 52.8 Å². The van der Waals surface area contributed by atoms with Crippen LogP contribution in [0.15, 0.2) is 30.3 Å². The van der Waals surface area contributed by atoms with Crippen molar-refractivity contribution in [1.82, 2.24) is 0 Å². The highest BCUT2D eigenvalue weighted by Gasteiger charge is 2.20. The van der Waals surface area contributed by atoms with Crippen molar-refractivity contribution < 1.29 is 10.2 Å². The van der Waals surface area contributed by atoms with E-state index in [1.54, 1.807) is 6.07 Å². The van der Waals surface area contributed by atoms with Crippen molar-refractivity contribution in [3.63, 3.8) is 0 Å². The first-order chi connectivity index (χ1) is 11.1. The summed E-state index contributed by atoms with van der Waals surface area (Å²) >= 11 is 0. The summed E-state index contributed by atoms with van der Waals surface area (Å²) in [4.78, 5) is 0. The summed E-state index contributed by atoms with van der Waals surface area (Å²) in [7, 11) is 0. The second-order valence-electron chi connectivity index (χ2n) is 8.11. The Kier molecular flexibility index (Phi) is 5.27. The number of hydrogen-bond donors (Lipinski definition) is 2. The topological polar surface area (TPSA) is 40.5 Å². The molecule has 0 aliphatic heterocycles. The zero-order chi connectivity index (χ0) is 18.1. The van der Waals surface area contributed by atoms with Crippen LogP contribution in [-0.4, -0.2) is 10.2 Å². The Hall–Kier alpha value is -1.96. The van der Waals surface area contributed by atoms with Crippen molar-refractivity contribution in [2.75, 3.05) is 0 Å². The molecule has 0 fully saturated rings. The van der Waals surface area contributed by atoms with Gasteiger partial charge in [0.05, 0.1) is 0 Å². The van der Waals surface area contributed by atoms with Crippen LogP contribution in [0.2, 0.25) is 0 Å². The van der Waals surface area contributed by atoms with Gasteiger partial charge in [-0.15, -0.1) is 0 Å². The smallest absolute Gasteiger partial charge is 0.122 e. The van der Waals surface area contributed by atoms with Crippen molar-refractivity contribution >= 4 is 0 Å². The average Bonchev–Trinajstić information content (AvgIpc) is 2.48. The fourth-order valence-electron chi connectivity index (χ4n) is 3.08. The van der Waals surface area contributed by atoms with E-state index in [0.29, 0.717) is 17.4 Å². The van der Waals surface area contributed by atoms with Crippen LogP contribution in [0.1, 0.15) is 68.4 Å². The van der Waals surface area contributed by atoms with Crippen LogP contribution in [0.3, 0.4) is 0 Å². The van der Waals surface area contributed by atoms with Gasteiger partial charge in [-0.3, -0.25) is 0 Å². The number of aromatic hydroxyl groups is 2. The molecule has 2 rings (SSSR count). The first-order valence-corrected chi connectivity index (χ1v) is 8.74. The van der Waals surface area contributed by atoms with E-state index in [-0.39, 0.29) is 5.41 Å². The van der Waals surface area contributed by atoms with E-state index >= 15 is 0 Å². The fraction of sp³-hybridized carbons (Fsp3) is 0.455. The van der Waals surface area contributed by atoms with E-state index in [1.807, 2.05) is 13.0 Å². The van der Waals surface area contributed by atoms with Gasteiger partial charge in [0.1, 0.15) is 11.5 Å².